The van der Waals surface area contributed by atoms with Gasteiger partial charge in [0, 0.05) is 27.5 Å². The maximum Gasteiger partial charge on any atom is 0.0893 e. The number of aromatic amines is 1. The van der Waals surface area contributed by atoms with Crippen molar-refractivity contribution in [1.82, 2.24) is 15.0 Å². The van der Waals surface area contributed by atoms with Crippen molar-refractivity contribution in [3.63, 3.8) is 0 Å². The summed E-state index contributed by atoms with van der Waals surface area (Å²) >= 11 is 0. The molecule has 1 aliphatic heterocycles. The fraction of sp³-hybridized carbons (Fsp3) is 0. The predicted octanol–water partition coefficient (Wildman–Crippen LogP) is 12.7. The van der Waals surface area contributed by atoms with E-state index in [4.69, 9.17) is 9.97 Å². The summed E-state index contributed by atoms with van der Waals surface area (Å²) in [6.07, 6.45) is 0. The molecule has 1 N–H and O–H groups in total. The zero-order valence-electron chi connectivity index (χ0n) is 27.6. The number of nitrogens with zero attached hydrogens (tertiary/aromatic N) is 2. The Balaban J connectivity index is 1.28. The predicted molar refractivity (Wildman–Crippen MR) is 213 cm³/mol. The second-order valence-corrected chi connectivity index (χ2v) is 13.5. The minimum Gasteiger partial charge on any atom is -0.353 e. The summed E-state index contributed by atoms with van der Waals surface area (Å²) in [6.45, 7) is 0. The van der Waals surface area contributed by atoms with Crippen molar-refractivity contribution in [3.8, 4) is 67.3 Å². The Hall–Kier alpha value is -6.84. The van der Waals surface area contributed by atoms with Crippen molar-refractivity contribution in [2.75, 3.05) is 0 Å². The molecule has 0 saturated carbocycles. The molecule has 0 aliphatic carbocycles. The van der Waals surface area contributed by atoms with Gasteiger partial charge in [0.2, 0.25) is 0 Å². The summed E-state index contributed by atoms with van der Waals surface area (Å²) in [5, 5.41) is 7.28. The Morgan fingerprint density at radius 2 is 0.804 bits per heavy atom. The Labute approximate surface area is 294 Å². The van der Waals surface area contributed by atoms with Gasteiger partial charge in [-0.15, -0.1) is 0 Å². The van der Waals surface area contributed by atoms with Gasteiger partial charge in [0.25, 0.3) is 0 Å². The lowest BCUT2D eigenvalue weighted by Gasteiger charge is -2.12. The number of benzene rings is 7. The van der Waals surface area contributed by atoms with Crippen LogP contribution in [0.1, 0.15) is 0 Å². The highest BCUT2D eigenvalue weighted by Gasteiger charge is 2.20. The lowest BCUT2D eigenvalue weighted by molar-refractivity contribution is 1.25. The van der Waals surface area contributed by atoms with Gasteiger partial charge in [0.1, 0.15) is 0 Å². The van der Waals surface area contributed by atoms with Crippen molar-refractivity contribution in [1.29, 1.82) is 0 Å². The van der Waals surface area contributed by atoms with E-state index >= 15 is 0 Å². The second kappa shape index (κ2) is 10.8. The Morgan fingerprint density at radius 1 is 0.294 bits per heavy atom. The number of nitrogens with one attached hydrogen (secondary N) is 1. The van der Waals surface area contributed by atoms with Crippen molar-refractivity contribution >= 4 is 43.4 Å². The topological polar surface area (TPSA) is 41.6 Å². The molecule has 3 heteroatoms. The summed E-state index contributed by atoms with van der Waals surface area (Å²) in [7, 11) is 0. The van der Waals surface area contributed by atoms with Gasteiger partial charge in [-0.05, 0) is 116 Å². The molecule has 1 aliphatic rings. The molecule has 0 amide bonds. The van der Waals surface area contributed by atoms with Gasteiger partial charge in [0.05, 0.1) is 33.8 Å². The molecule has 0 atom stereocenters. The largest absolute Gasteiger partial charge is 0.353 e. The quantitative estimate of drug-likeness (QED) is 0.203. The van der Waals surface area contributed by atoms with Crippen LogP contribution in [0.15, 0.2) is 170 Å². The summed E-state index contributed by atoms with van der Waals surface area (Å²) in [5.74, 6) is 0. The molecule has 3 aromatic heterocycles. The molecule has 10 aromatic rings. The summed E-state index contributed by atoms with van der Waals surface area (Å²) in [5.41, 5.74) is 14.8. The number of hydrogen-bond donors (Lipinski definition) is 1. The van der Waals surface area contributed by atoms with E-state index in [0.717, 1.165) is 61.6 Å². The molecular weight excluding hydrogens is 619 g/mol. The maximum absolute atomic E-state index is 5.28. The summed E-state index contributed by atoms with van der Waals surface area (Å²) in [4.78, 5) is 14.4. The van der Waals surface area contributed by atoms with Crippen LogP contribution in [0, 0.1) is 0 Å². The van der Waals surface area contributed by atoms with Crippen LogP contribution in [-0.4, -0.2) is 15.0 Å². The number of hydrogen-bond acceptors (Lipinski definition) is 2. The van der Waals surface area contributed by atoms with E-state index < -0.39 is 0 Å². The Morgan fingerprint density at radius 3 is 1.47 bits per heavy atom. The molecule has 51 heavy (non-hydrogen) atoms. The van der Waals surface area contributed by atoms with Crippen LogP contribution >= 0.6 is 0 Å². The lowest BCUT2D eigenvalue weighted by atomic mass is 9.92. The van der Waals surface area contributed by atoms with E-state index in [0.29, 0.717) is 0 Å². The first-order valence-corrected chi connectivity index (χ1v) is 17.4. The van der Waals surface area contributed by atoms with Crippen LogP contribution < -0.4 is 0 Å². The highest BCUT2D eigenvalue weighted by Crippen LogP contribution is 2.43. The lowest BCUT2D eigenvalue weighted by Crippen LogP contribution is -1.94. The van der Waals surface area contributed by atoms with Crippen LogP contribution in [0.2, 0.25) is 0 Å². The van der Waals surface area contributed by atoms with Gasteiger partial charge in [-0.3, -0.25) is 0 Å². The second-order valence-electron chi connectivity index (χ2n) is 13.5. The van der Waals surface area contributed by atoms with E-state index in [9.17, 15) is 0 Å². The molecule has 0 saturated heterocycles. The number of H-pyrrole nitrogens is 1. The minimum atomic E-state index is 0.849. The molecule has 0 unspecified atom stereocenters. The number of rotatable bonds is 2. The number of pyridine rings is 2. The first-order chi connectivity index (χ1) is 25.2. The molecule has 4 heterocycles. The highest BCUT2D eigenvalue weighted by molar-refractivity contribution is 6.18. The average Bonchev–Trinajstić information content (AvgIpc) is 3.58. The average molecular weight is 648 g/mol. The number of aromatic nitrogens is 3. The standard InChI is InChI=1S/C48H29N3/c1-3-10-31-22-33(20-18-29(31)8-1)37-25-39-35-12-5-13-36(24-35)43-14-6-16-45(49-43)46-17-7-15-44(50-46)42-28-38(27-41-40(26-37)47(39)51-48(41)42)34-21-19-30-9-2-4-11-32(30)23-34/h1-28,51H. The van der Waals surface area contributed by atoms with Gasteiger partial charge in [-0.2, -0.15) is 0 Å². The van der Waals surface area contributed by atoms with Gasteiger partial charge in [-0.25, -0.2) is 9.97 Å². The third-order valence-electron chi connectivity index (χ3n) is 10.5. The van der Waals surface area contributed by atoms with Crippen molar-refractivity contribution < 1.29 is 0 Å². The summed E-state index contributed by atoms with van der Waals surface area (Å²) in [6, 6.07) is 61.3. The van der Waals surface area contributed by atoms with E-state index in [1.54, 1.807) is 0 Å². The number of fused-ring (bicyclic) bond motifs is 13. The highest BCUT2D eigenvalue weighted by atomic mass is 14.8. The third-order valence-corrected chi connectivity index (χ3v) is 10.5. The molecule has 7 aromatic carbocycles. The fourth-order valence-electron chi connectivity index (χ4n) is 7.92. The Bertz CT molecular complexity index is 2840. The monoisotopic (exact) mass is 647 g/mol. The molecule has 0 radical (unpaired) electrons. The minimum absolute atomic E-state index is 0.849. The SMILES string of the molecule is c1cc2cc(c1)-c1cc(-c3ccc4ccccc4c3)cc3c1[nH]c1c(cc(-c4ccc5ccccc5c4)cc13)-c1cccc(n1)-c1cccc-2n1. The van der Waals surface area contributed by atoms with E-state index in [2.05, 4.69) is 175 Å². The van der Waals surface area contributed by atoms with Gasteiger partial charge >= 0.3 is 0 Å². The molecule has 11 rings (SSSR count). The van der Waals surface area contributed by atoms with Crippen LogP contribution in [0.5, 0.6) is 0 Å². The van der Waals surface area contributed by atoms with E-state index in [1.807, 2.05) is 0 Å². The fourth-order valence-corrected chi connectivity index (χ4v) is 7.92. The van der Waals surface area contributed by atoms with Gasteiger partial charge in [0.15, 0.2) is 0 Å². The molecule has 236 valence electrons. The molecule has 0 spiro atoms. The molecule has 3 nitrogen and oxygen atoms in total. The van der Waals surface area contributed by atoms with Crippen molar-refractivity contribution in [2.24, 2.45) is 0 Å². The van der Waals surface area contributed by atoms with Crippen LogP contribution in [-0.2, 0) is 0 Å². The maximum atomic E-state index is 5.28. The van der Waals surface area contributed by atoms with Crippen LogP contribution in [0.4, 0.5) is 0 Å². The zero-order valence-corrected chi connectivity index (χ0v) is 27.6. The van der Waals surface area contributed by atoms with Crippen molar-refractivity contribution in [2.45, 2.75) is 0 Å². The zero-order chi connectivity index (χ0) is 33.5. The van der Waals surface area contributed by atoms with E-state index in [1.165, 1.54) is 49.0 Å². The molecule has 8 bridgehead atoms. The normalized spacial score (nSPS) is 11.9. The van der Waals surface area contributed by atoms with Gasteiger partial charge in [-0.1, -0.05) is 103 Å². The molecular formula is C48H29N3. The third kappa shape index (κ3) is 4.52. The van der Waals surface area contributed by atoms with Crippen molar-refractivity contribution in [3.05, 3.63) is 170 Å². The van der Waals surface area contributed by atoms with Gasteiger partial charge < -0.3 is 4.98 Å². The molecule has 0 fully saturated rings. The first kappa shape index (κ1) is 28.0. The summed E-state index contributed by atoms with van der Waals surface area (Å²) < 4.78 is 0. The smallest absolute Gasteiger partial charge is 0.0893 e. The first-order valence-electron chi connectivity index (χ1n) is 17.4. The van der Waals surface area contributed by atoms with Crippen LogP contribution in [0.25, 0.3) is 111 Å². The van der Waals surface area contributed by atoms with E-state index in [-0.39, 0.29) is 0 Å². The Kier molecular flexibility index (Phi) is 5.96. The van der Waals surface area contributed by atoms with Crippen LogP contribution in [0.3, 0.4) is 0 Å².